The van der Waals surface area contributed by atoms with E-state index < -0.39 is 12.1 Å². The largest absolute Gasteiger partial charge is 0.449 e. The van der Waals surface area contributed by atoms with Crippen LogP contribution in [0.1, 0.15) is 28.4 Å². The van der Waals surface area contributed by atoms with E-state index in [1.165, 1.54) is 21.8 Å². The molecule has 1 unspecified atom stereocenters. The maximum atomic E-state index is 13.0. The highest BCUT2D eigenvalue weighted by Crippen LogP contribution is 2.23. The van der Waals surface area contributed by atoms with Gasteiger partial charge in [0.05, 0.1) is 18.9 Å². The first-order chi connectivity index (χ1) is 15.0. The van der Waals surface area contributed by atoms with Crippen molar-refractivity contribution in [3.05, 3.63) is 94.7 Å². The molecule has 0 aliphatic rings. The summed E-state index contributed by atoms with van der Waals surface area (Å²) in [5.41, 5.74) is 1.22. The van der Waals surface area contributed by atoms with Gasteiger partial charge in [-0.1, -0.05) is 60.7 Å². The zero-order chi connectivity index (χ0) is 21.8. The number of benzene rings is 2. The zero-order valence-electron chi connectivity index (χ0n) is 16.8. The van der Waals surface area contributed by atoms with Gasteiger partial charge in [0.25, 0.3) is 5.56 Å². The summed E-state index contributed by atoms with van der Waals surface area (Å²) in [6.45, 7) is 0.0799. The summed E-state index contributed by atoms with van der Waals surface area (Å²) in [5.74, 6) is -0.896. The first kappa shape index (κ1) is 20.2. The fraction of sp³-hybridized carbons (Fsp3) is 0.174. The lowest BCUT2D eigenvalue weighted by Crippen LogP contribution is -2.24. The van der Waals surface area contributed by atoms with Crippen LogP contribution in [0.3, 0.4) is 0 Å². The van der Waals surface area contributed by atoms with E-state index in [-0.39, 0.29) is 24.3 Å². The molecule has 0 bridgehead atoms. The Morgan fingerprint density at radius 2 is 1.71 bits per heavy atom. The molecular formula is C23H20N4O4. The van der Waals surface area contributed by atoms with Crippen molar-refractivity contribution in [2.75, 3.05) is 0 Å². The first-order valence-corrected chi connectivity index (χ1v) is 9.75. The number of aromatic nitrogens is 4. The number of esters is 1. The van der Waals surface area contributed by atoms with Crippen LogP contribution in [0.15, 0.2) is 78.0 Å². The number of nitrogens with zero attached hydrogens (tertiary/aromatic N) is 4. The number of hydrogen-bond acceptors (Lipinski definition) is 6. The molecule has 0 aliphatic carbocycles. The third kappa shape index (κ3) is 4.28. The number of fused-ring (bicyclic) bond motifs is 1. The Bertz CT molecular complexity index is 1280. The van der Waals surface area contributed by atoms with E-state index in [0.717, 1.165) is 0 Å². The molecule has 0 amide bonds. The Morgan fingerprint density at radius 1 is 1.03 bits per heavy atom. The van der Waals surface area contributed by atoms with Crippen molar-refractivity contribution in [1.82, 2.24) is 19.3 Å². The Balaban J connectivity index is 1.51. The fourth-order valence-corrected chi connectivity index (χ4v) is 3.28. The number of hydrogen-bond donors (Lipinski definition) is 0. The predicted octanol–water partition coefficient (Wildman–Crippen LogP) is 2.69. The molecule has 0 N–H and O–H groups in total. The SMILES string of the molecule is Cn1ncc2c(=O)n(CCC(=O)OC(C(=O)c3ccccc3)c3ccccc3)cnc21. The van der Waals surface area contributed by atoms with Gasteiger partial charge in [0.1, 0.15) is 5.39 Å². The Morgan fingerprint density at radius 3 is 2.42 bits per heavy atom. The van der Waals surface area contributed by atoms with E-state index in [1.54, 1.807) is 55.6 Å². The number of ketones is 1. The second-order valence-electron chi connectivity index (χ2n) is 7.01. The van der Waals surface area contributed by atoms with Crippen molar-refractivity contribution in [1.29, 1.82) is 0 Å². The van der Waals surface area contributed by atoms with Gasteiger partial charge >= 0.3 is 5.97 Å². The van der Waals surface area contributed by atoms with E-state index in [0.29, 0.717) is 22.2 Å². The van der Waals surface area contributed by atoms with Crippen LogP contribution in [0.25, 0.3) is 11.0 Å². The molecule has 1 atom stereocenters. The Kier molecular flexibility index (Phi) is 5.70. The normalized spacial score (nSPS) is 11.9. The van der Waals surface area contributed by atoms with E-state index in [1.807, 2.05) is 12.1 Å². The number of carbonyl (C=O) groups excluding carboxylic acids is 2. The maximum absolute atomic E-state index is 13.0. The molecule has 0 radical (unpaired) electrons. The van der Waals surface area contributed by atoms with Gasteiger partial charge in [-0.05, 0) is 0 Å². The van der Waals surface area contributed by atoms with Crippen LogP contribution in [-0.4, -0.2) is 31.1 Å². The van der Waals surface area contributed by atoms with Gasteiger partial charge in [0, 0.05) is 24.7 Å². The molecule has 0 saturated carbocycles. The lowest BCUT2D eigenvalue weighted by atomic mass is 10.00. The number of carbonyl (C=O) groups is 2. The van der Waals surface area contributed by atoms with Gasteiger partial charge in [-0.25, -0.2) is 4.98 Å². The summed E-state index contributed by atoms with van der Waals surface area (Å²) in [6.07, 6.45) is 1.68. The van der Waals surface area contributed by atoms with Gasteiger partial charge in [-0.15, -0.1) is 0 Å². The molecule has 8 heteroatoms. The minimum atomic E-state index is -1.06. The molecule has 4 rings (SSSR count). The monoisotopic (exact) mass is 416 g/mol. The average Bonchev–Trinajstić information content (AvgIpc) is 3.19. The summed E-state index contributed by atoms with van der Waals surface area (Å²) in [4.78, 5) is 42.4. The van der Waals surface area contributed by atoms with Crippen LogP contribution >= 0.6 is 0 Å². The lowest BCUT2D eigenvalue weighted by molar-refractivity contribution is -0.147. The van der Waals surface area contributed by atoms with Crippen molar-refractivity contribution < 1.29 is 14.3 Å². The van der Waals surface area contributed by atoms with Crippen LogP contribution < -0.4 is 5.56 Å². The molecule has 31 heavy (non-hydrogen) atoms. The molecule has 2 heterocycles. The molecule has 2 aromatic carbocycles. The van der Waals surface area contributed by atoms with Gasteiger partial charge < -0.3 is 4.74 Å². The van der Waals surface area contributed by atoms with Crippen LogP contribution in [0.5, 0.6) is 0 Å². The van der Waals surface area contributed by atoms with E-state index in [9.17, 15) is 14.4 Å². The number of ether oxygens (including phenoxy) is 1. The minimum absolute atomic E-state index is 0.0799. The Hall–Kier alpha value is -4.07. The van der Waals surface area contributed by atoms with Crippen LogP contribution in [0.4, 0.5) is 0 Å². The zero-order valence-corrected chi connectivity index (χ0v) is 16.8. The number of rotatable bonds is 7. The molecule has 4 aromatic rings. The van der Waals surface area contributed by atoms with Crippen LogP contribution in [0, 0.1) is 0 Å². The Labute approximate surface area is 177 Å². The topological polar surface area (TPSA) is 96.1 Å². The summed E-state index contributed by atoms with van der Waals surface area (Å²) in [7, 11) is 1.70. The second kappa shape index (κ2) is 8.74. The highest BCUT2D eigenvalue weighted by molar-refractivity contribution is 6.00. The van der Waals surface area contributed by atoms with Gasteiger partial charge in [0.2, 0.25) is 5.78 Å². The minimum Gasteiger partial charge on any atom is -0.449 e. The second-order valence-corrected chi connectivity index (χ2v) is 7.01. The summed E-state index contributed by atoms with van der Waals surface area (Å²) in [6, 6.07) is 17.5. The summed E-state index contributed by atoms with van der Waals surface area (Å²) >= 11 is 0. The standard InChI is InChI=1S/C23H20N4O4/c1-26-22-18(14-25-26)23(30)27(15-24-22)13-12-19(28)31-21(17-10-6-3-7-11-17)20(29)16-8-4-2-5-9-16/h2-11,14-15,21H,12-13H2,1H3. The molecule has 0 aliphatic heterocycles. The molecular weight excluding hydrogens is 396 g/mol. The number of Topliss-reactive ketones (excluding diaryl/α,β-unsaturated/α-hetero) is 1. The van der Waals surface area contributed by atoms with Crippen molar-refractivity contribution >= 4 is 22.8 Å². The van der Waals surface area contributed by atoms with E-state index >= 15 is 0 Å². The van der Waals surface area contributed by atoms with Crippen molar-refractivity contribution in [2.24, 2.45) is 7.05 Å². The summed E-state index contributed by atoms with van der Waals surface area (Å²) in [5, 5.41) is 4.40. The molecule has 156 valence electrons. The molecule has 0 spiro atoms. The smallest absolute Gasteiger partial charge is 0.308 e. The van der Waals surface area contributed by atoms with Crippen LogP contribution in [0.2, 0.25) is 0 Å². The summed E-state index contributed by atoms with van der Waals surface area (Å²) < 4.78 is 8.41. The molecule has 0 saturated heterocycles. The average molecular weight is 416 g/mol. The van der Waals surface area contributed by atoms with Crippen molar-refractivity contribution in [3.63, 3.8) is 0 Å². The lowest BCUT2D eigenvalue weighted by Gasteiger charge is -2.17. The predicted molar refractivity (Wildman–Crippen MR) is 113 cm³/mol. The maximum Gasteiger partial charge on any atom is 0.308 e. The quantitative estimate of drug-likeness (QED) is 0.340. The van der Waals surface area contributed by atoms with Gasteiger partial charge in [0.15, 0.2) is 11.8 Å². The molecule has 8 nitrogen and oxygen atoms in total. The van der Waals surface area contributed by atoms with E-state index in [2.05, 4.69) is 10.1 Å². The molecule has 2 aromatic heterocycles. The van der Waals surface area contributed by atoms with Gasteiger partial charge in [-0.2, -0.15) is 5.10 Å². The third-order valence-electron chi connectivity index (χ3n) is 4.92. The fourth-order valence-electron chi connectivity index (χ4n) is 3.28. The van der Waals surface area contributed by atoms with Gasteiger partial charge in [-0.3, -0.25) is 23.6 Å². The van der Waals surface area contributed by atoms with Crippen molar-refractivity contribution in [2.45, 2.75) is 19.1 Å². The first-order valence-electron chi connectivity index (χ1n) is 9.75. The third-order valence-corrected chi connectivity index (χ3v) is 4.92. The highest BCUT2D eigenvalue weighted by atomic mass is 16.5. The van der Waals surface area contributed by atoms with Crippen LogP contribution in [-0.2, 0) is 23.1 Å². The van der Waals surface area contributed by atoms with Crippen molar-refractivity contribution in [3.8, 4) is 0 Å². The highest BCUT2D eigenvalue weighted by Gasteiger charge is 2.26. The van der Waals surface area contributed by atoms with E-state index in [4.69, 9.17) is 4.74 Å². The number of aryl methyl sites for hydroxylation is 2. The molecule has 0 fully saturated rings.